The van der Waals surface area contributed by atoms with E-state index in [0.29, 0.717) is 0 Å². The van der Waals surface area contributed by atoms with Gasteiger partial charge in [0, 0.05) is 50.0 Å². The third kappa shape index (κ3) is 5.60. The van der Waals surface area contributed by atoms with Crippen LogP contribution >= 0.6 is 0 Å². The highest BCUT2D eigenvalue weighted by atomic mass is 15.1. The van der Waals surface area contributed by atoms with Gasteiger partial charge in [0.1, 0.15) is 0 Å². The number of para-hydroxylation sites is 5. The fraction of sp³-hybridized carbons (Fsp3) is 0. The second-order valence-electron chi connectivity index (χ2n) is 14.6. The fourth-order valence-corrected chi connectivity index (χ4v) is 8.64. The van der Waals surface area contributed by atoms with Crippen LogP contribution in [0.3, 0.4) is 0 Å². The van der Waals surface area contributed by atoms with Crippen LogP contribution < -0.4 is 4.90 Å². The maximum atomic E-state index is 2.37. The molecule has 0 aliphatic rings. The Hall–Kier alpha value is -7.62. The second kappa shape index (κ2) is 13.6. The lowest BCUT2D eigenvalue weighted by molar-refractivity contribution is 1.17. The maximum Gasteiger partial charge on any atom is 0.0541 e. The highest BCUT2D eigenvalue weighted by molar-refractivity contribution is 6.11. The molecule has 57 heavy (non-hydrogen) atoms. The van der Waals surface area contributed by atoms with Gasteiger partial charge in [-0.3, -0.25) is 0 Å². The van der Waals surface area contributed by atoms with Crippen molar-refractivity contribution in [1.82, 2.24) is 9.13 Å². The molecule has 0 radical (unpaired) electrons. The molecule has 0 fully saturated rings. The van der Waals surface area contributed by atoms with E-state index in [1.807, 2.05) is 0 Å². The second-order valence-corrected chi connectivity index (χ2v) is 14.6. The molecule has 0 saturated carbocycles. The first kappa shape index (κ1) is 32.8. The number of benzene rings is 9. The summed E-state index contributed by atoms with van der Waals surface area (Å²) in [4.78, 5) is 2.33. The first-order valence-electron chi connectivity index (χ1n) is 19.5. The summed E-state index contributed by atoms with van der Waals surface area (Å²) in [7, 11) is 0. The first-order chi connectivity index (χ1) is 28.3. The minimum atomic E-state index is 1.10. The number of fused-ring (bicyclic) bond motifs is 6. The molecular formula is C54H37N3. The van der Waals surface area contributed by atoms with Crippen LogP contribution in [0.1, 0.15) is 0 Å². The third-order valence-corrected chi connectivity index (χ3v) is 11.3. The monoisotopic (exact) mass is 727 g/mol. The predicted octanol–water partition coefficient (Wildman–Crippen LogP) is 14.7. The maximum absolute atomic E-state index is 2.37. The largest absolute Gasteiger partial charge is 0.311 e. The number of anilines is 3. The van der Waals surface area contributed by atoms with E-state index in [4.69, 9.17) is 0 Å². The average molecular weight is 728 g/mol. The standard InChI is InChI=1S/C54H37N3/c1-3-13-42(14-4-1)55(45-32-34-46(35-33-45)57-51-20-10-7-17-47(51)48-18-8-11-21-52(48)57)44-30-27-39(28-31-44)38-23-25-40(26-24-38)41-29-36-54-50(37-41)49-19-9-12-22-53(49)56(54)43-15-5-2-6-16-43/h1-37H. The molecule has 11 rings (SSSR count). The van der Waals surface area contributed by atoms with Crippen LogP contribution in [0.25, 0.3) is 77.2 Å². The topological polar surface area (TPSA) is 13.1 Å². The molecule has 0 saturated heterocycles. The summed E-state index contributed by atoms with van der Waals surface area (Å²) in [5.74, 6) is 0. The van der Waals surface area contributed by atoms with Gasteiger partial charge in [0.25, 0.3) is 0 Å². The smallest absolute Gasteiger partial charge is 0.0541 e. The van der Waals surface area contributed by atoms with Crippen molar-refractivity contribution in [2.45, 2.75) is 0 Å². The molecule has 268 valence electrons. The van der Waals surface area contributed by atoms with Crippen molar-refractivity contribution in [2.24, 2.45) is 0 Å². The van der Waals surface area contributed by atoms with E-state index in [1.54, 1.807) is 0 Å². The molecule has 0 N–H and O–H groups in total. The first-order valence-corrected chi connectivity index (χ1v) is 19.5. The summed E-state index contributed by atoms with van der Waals surface area (Å²) in [6, 6.07) is 80.9. The minimum Gasteiger partial charge on any atom is -0.311 e. The average Bonchev–Trinajstić information content (AvgIpc) is 3.80. The van der Waals surface area contributed by atoms with Crippen LogP contribution in [0.15, 0.2) is 224 Å². The zero-order valence-electron chi connectivity index (χ0n) is 31.2. The van der Waals surface area contributed by atoms with Crippen molar-refractivity contribution >= 4 is 60.7 Å². The Balaban J connectivity index is 0.904. The predicted molar refractivity (Wildman–Crippen MR) is 241 cm³/mol. The van der Waals surface area contributed by atoms with Gasteiger partial charge in [-0.15, -0.1) is 0 Å². The van der Waals surface area contributed by atoms with Crippen LogP contribution in [0.4, 0.5) is 17.1 Å². The molecule has 0 spiro atoms. The Morgan fingerprint density at radius 3 is 1.14 bits per heavy atom. The Labute approximate surface area is 331 Å². The lowest BCUT2D eigenvalue weighted by Crippen LogP contribution is -2.10. The Kier molecular flexibility index (Phi) is 7.82. The van der Waals surface area contributed by atoms with Crippen LogP contribution in [-0.2, 0) is 0 Å². The number of rotatable bonds is 7. The van der Waals surface area contributed by atoms with Gasteiger partial charge in [0.2, 0.25) is 0 Å². The van der Waals surface area contributed by atoms with Crippen LogP contribution in [0.5, 0.6) is 0 Å². The molecule has 0 amide bonds. The van der Waals surface area contributed by atoms with Gasteiger partial charge < -0.3 is 14.0 Å². The number of aromatic nitrogens is 2. The van der Waals surface area contributed by atoms with Crippen molar-refractivity contribution in [3.8, 4) is 33.6 Å². The lowest BCUT2D eigenvalue weighted by Gasteiger charge is -2.26. The zero-order valence-corrected chi connectivity index (χ0v) is 31.2. The van der Waals surface area contributed by atoms with E-state index in [2.05, 4.69) is 238 Å². The van der Waals surface area contributed by atoms with Gasteiger partial charge in [-0.25, -0.2) is 0 Å². The van der Waals surface area contributed by atoms with Crippen molar-refractivity contribution in [1.29, 1.82) is 0 Å². The molecule has 3 nitrogen and oxygen atoms in total. The number of hydrogen-bond donors (Lipinski definition) is 0. The van der Waals surface area contributed by atoms with Crippen molar-refractivity contribution in [2.75, 3.05) is 4.90 Å². The molecule has 0 bridgehead atoms. The van der Waals surface area contributed by atoms with E-state index in [9.17, 15) is 0 Å². The van der Waals surface area contributed by atoms with Crippen LogP contribution in [0, 0.1) is 0 Å². The van der Waals surface area contributed by atoms with Gasteiger partial charge >= 0.3 is 0 Å². The summed E-state index contributed by atoms with van der Waals surface area (Å²) >= 11 is 0. The molecule has 3 heteroatoms. The quantitative estimate of drug-likeness (QED) is 0.159. The Morgan fingerprint density at radius 2 is 0.596 bits per heavy atom. The van der Waals surface area contributed by atoms with Crippen molar-refractivity contribution in [3.63, 3.8) is 0 Å². The van der Waals surface area contributed by atoms with Gasteiger partial charge in [0.05, 0.1) is 22.1 Å². The molecular weight excluding hydrogens is 691 g/mol. The Bertz CT molecular complexity index is 3140. The van der Waals surface area contributed by atoms with Gasteiger partial charge in [-0.1, -0.05) is 133 Å². The fourth-order valence-electron chi connectivity index (χ4n) is 8.64. The normalized spacial score (nSPS) is 11.5. The molecule has 2 aromatic heterocycles. The SMILES string of the molecule is c1ccc(N(c2ccc(-c3ccc(-c4ccc5c(c4)c4ccccc4n5-c4ccccc4)cc3)cc2)c2ccc(-n3c4ccccc4c4ccccc43)cc2)cc1. The highest BCUT2D eigenvalue weighted by Gasteiger charge is 2.16. The molecule has 0 aliphatic carbocycles. The molecule has 0 atom stereocenters. The lowest BCUT2D eigenvalue weighted by atomic mass is 9.99. The van der Waals surface area contributed by atoms with Crippen LogP contribution in [-0.4, -0.2) is 9.13 Å². The van der Waals surface area contributed by atoms with Gasteiger partial charge in [-0.05, 0) is 113 Å². The van der Waals surface area contributed by atoms with E-state index in [0.717, 1.165) is 22.7 Å². The van der Waals surface area contributed by atoms with Gasteiger partial charge in [-0.2, -0.15) is 0 Å². The molecule has 2 heterocycles. The van der Waals surface area contributed by atoms with E-state index < -0.39 is 0 Å². The summed E-state index contributed by atoms with van der Waals surface area (Å²) < 4.78 is 4.73. The zero-order chi connectivity index (χ0) is 37.7. The number of hydrogen-bond acceptors (Lipinski definition) is 1. The molecule has 9 aromatic carbocycles. The summed E-state index contributed by atoms with van der Waals surface area (Å²) in [5, 5.41) is 5.06. The number of nitrogens with zero attached hydrogens (tertiary/aromatic N) is 3. The molecule has 11 aromatic rings. The minimum absolute atomic E-state index is 1.10. The summed E-state index contributed by atoms with van der Waals surface area (Å²) in [5.41, 5.74) is 15.3. The summed E-state index contributed by atoms with van der Waals surface area (Å²) in [6.07, 6.45) is 0. The molecule has 0 unspecified atom stereocenters. The van der Waals surface area contributed by atoms with E-state index in [-0.39, 0.29) is 0 Å². The summed E-state index contributed by atoms with van der Waals surface area (Å²) in [6.45, 7) is 0. The molecule has 0 aliphatic heterocycles. The van der Waals surface area contributed by atoms with E-state index in [1.165, 1.54) is 71.6 Å². The van der Waals surface area contributed by atoms with Crippen LogP contribution in [0.2, 0.25) is 0 Å². The van der Waals surface area contributed by atoms with Gasteiger partial charge in [0.15, 0.2) is 0 Å². The highest BCUT2D eigenvalue weighted by Crippen LogP contribution is 2.39. The van der Waals surface area contributed by atoms with E-state index >= 15 is 0 Å². The van der Waals surface area contributed by atoms with Crippen molar-refractivity contribution < 1.29 is 0 Å². The third-order valence-electron chi connectivity index (χ3n) is 11.3. The van der Waals surface area contributed by atoms with Crippen molar-refractivity contribution in [3.05, 3.63) is 224 Å². The Morgan fingerprint density at radius 1 is 0.246 bits per heavy atom.